The van der Waals surface area contributed by atoms with Crippen molar-refractivity contribution in [2.24, 2.45) is 0 Å². The number of rotatable bonds is 7. The number of halogens is 1. The second-order valence-electron chi connectivity index (χ2n) is 6.16. The molecule has 0 spiro atoms. The van der Waals surface area contributed by atoms with Crippen LogP contribution in [0.25, 0.3) is 10.9 Å². The Morgan fingerprint density at radius 1 is 1.17 bits per heavy atom. The van der Waals surface area contributed by atoms with E-state index < -0.39 is 5.97 Å². The summed E-state index contributed by atoms with van der Waals surface area (Å²) in [6.45, 7) is 0.349. The van der Waals surface area contributed by atoms with Crippen molar-refractivity contribution < 1.29 is 9.90 Å². The molecule has 0 aliphatic heterocycles. The number of anilines is 3. The molecule has 4 rings (SSSR count). The molecule has 0 saturated carbocycles. The number of aromatic nitrogens is 5. The molecule has 0 aliphatic carbocycles. The van der Waals surface area contributed by atoms with Gasteiger partial charge in [-0.15, -0.1) is 0 Å². The van der Waals surface area contributed by atoms with Crippen LogP contribution >= 0.6 is 15.9 Å². The molecule has 0 amide bonds. The smallest absolute Gasteiger partial charge is 0.325 e. The first-order chi connectivity index (χ1) is 14.1. The summed E-state index contributed by atoms with van der Waals surface area (Å²) in [6, 6.07) is 11.2. The summed E-state index contributed by atoms with van der Waals surface area (Å²) in [4.78, 5) is 24.0. The first-order valence-electron chi connectivity index (χ1n) is 8.69. The lowest BCUT2D eigenvalue weighted by atomic mass is 10.2. The summed E-state index contributed by atoms with van der Waals surface area (Å²) in [5.74, 6) is 0.128. The average molecular weight is 454 g/mol. The Kier molecular flexibility index (Phi) is 5.34. The molecule has 3 N–H and O–H groups in total. The first kappa shape index (κ1) is 18.8. The van der Waals surface area contributed by atoms with Crippen molar-refractivity contribution in [1.82, 2.24) is 24.7 Å². The number of nitrogens with one attached hydrogen (secondary N) is 2. The van der Waals surface area contributed by atoms with Gasteiger partial charge in [-0.2, -0.15) is 10.1 Å². The highest BCUT2D eigenvalue weighted by Gasteiger charge is 2.09. The van der Waals surface area contributed by atoms with E-state index in [9.17, 15) is 4.79 Å². The van der Waals surface area contributed by atoms with Crippen molar-refractivity contribution in [3.63, 3.8) is 0 Å². The van der Waals surface area contributed by atoms with Crippen LogP contribution in [0.3, 0.4) is 0 Å². The number of carboxylic acids is 1. The molecule has 0 saturated heterocycles. The molecule has 0 unspecified atom stereocenters. The zero-order valence-corrected chi connectivity index (χ0v) is 16.7. The Balaban J connectivity index is 1.51. The van der Waals surface area contributed by atoms with Crippen molar-refractivity contribution in [1.29, 1.82) is 0 Å². The Morgan fingerprint density at radius 2 is 2.07 bits per heavy atom. The summed E-state index contributed by atoms with van der Waals surface area (Å²) < 4.78 is 2.18. The average Bonchev–Trinajstić information content (AvgIpc) is 3.10. The largest absolute Gasteiger partial charge is 0.480 e. The van der Waals surface area contributed by atoms with Gasteiger partial charge in [-0.3, -0.25) is 14.5 Å². The summed E-state index contributed by atoms with van der Waals surface area (Å²) in [7, 11) is 0. The molecule has 4 aromatic rings. The minimum absolute atomic E-state index is 0.183. The van der Waals surface area contributed by atoms with E-state index in [1.807, 2.05) is 36.4 Å². The van der Waals surface area contributed by atoms with Crippen LogP contribution in [-0.4, -0.2) is 35.8 Å². The zero-order chi connectivity index (χ0) is 20.2. The highest BCUT2D eigenvalue weighted by Crippen LogP contribution is 2.24. The summed E-state index contributed by atoms with van der Waals surface area (Å²) >= 11 is 3.45. The minimum Gasteiger partial charge on any atom is -0.480 e. The summed E-state index contributed by atoms with van der Waals surface area (Å²) in [5.41, 5.74) is 2.41. The number of aliphatic carboxylic acids is 1. The Morgan fingerprint density at radius 3 is 2.86 bits per heavy atom. The number of benzene rings is 1. The summed E-state index contributed by atoms with van der Waals surface area (Å²) in [5, 5.41) is 20.3. The molecule has 10 heteroatoms. The third kappa shape index (κ3) is 4.49. The van der Waals surface area contributed by atoms with Crippen LogP contribution in [0.15, 0.2) is 59.5 Å². The van der Waals surface area contributed by atoms with Crippen LogP contribution in [0.2, 0.25) is 0 Å². The van der Waals surface area contributed by atoms with Gasteiger partial charge in [0.1, 0.15) is 12.4 Å². The van der Waals surface area contributed by atoms with Crippen molar-refractivity contribution in [2.45, 2.75) is 13.1 Å². The van der Waals surface area contributed by atoms with Gasteiger partial charge < -0.3 is 15.7 Å². The van der Waals surface area contributed by atoms with E-state index in [0.717, 1.165) is 26.8 Å². The second-order valence-corrected chi connectivity index (χ2v) is 7.01. The third-order valence-electron chi connectivity index (χ3n) is 4.09. The van der Waals surface area contributed by atoms with Gasteiger partial charge in [0.2, 0.25) is 5.95 Å². The lowest BCUT2D eigenvalue weighted by Gasteiger charge is -2.10. The van der Waals surface area contributed by atoms with E-state index in [1.54, 1.807) is 18.6 Å². The third-order valence-corrected chi connectivity index (χ3v) is 4.67. The van der Waals surface area contributed by atoms with Gasteiger partial charge in [0.25, 0.3) is 0 Å². The molecule has 0 fully saturated rings. The van der Waals surface area contributed by atoms with Gasteiger partial charge >= 0.3 is 5.97 Å². The molecule has 0 aliphatic rings. The van der Waals surface area contributed by atoms with Gasteiger partial charge in [0.05, 0.1) is 28.4 Å². The van der Waals surface area contributed by atoms with Crippen LogP contribution in [0, 0.1) is 0 Å². The van der Waals surface area contributed by atoms with E-state index in [4.69, 9.17) is 5.11 Å². The molecule has 0 bridgehead atoms. The Hall–Kier alpha value is -3.53. The fraction of sp³-hybridized carbons (Fsp3) is 0.105. The quantitative estimate of drug-likeness (QED) is 0.389. The van der Waals surface area contributed by atoms with Gasteiger partial charge in [-0.1, -0.05) is 6.07 Å². The number of carboxylic acid groups (broad SMARTS) is 1. The van der Waals surface area contributed by atoms with Crippen molar-refractivity contribution in [2.75, 3.05) is 10.6 Å². The van der Waals surface area contributed by atoms with Gasteiger partial charge in [0, 0.05) is 23.5 Å². The number of fused-ring (bicyclic) bond motifs is 1. The predicted octanol–water partition coefficient (Wildman–Crippen LogP) is 3.42. The van der Waals surface area contributed by atoms with Gasteiger partial charge in [-0.25, -0.2) is 4.98 Å². The highest BCUT2D eigenvalue weighted by atomic mass is 79.9. The molecule has 3 aromatic heterocycles. The van der Waals surface area contributed by atoms with Crippen molar-refractivity contribution in [3.05, 3.63) is 65.2 Å². The van der Waals surface area contributed by atoms with Crippen LogP contribution in [-0.2, 0) is 17.9 Å². The molecule has 9 nitrogen and oxygen atoms in total. The molecular weight excluding hydrogens is 438 g/mol. The fourth-order valence-corrected chi connectivity index (χ4v) is 3.11. The van der Waals surface area contributed by atoms with Gasteiger partial charge in [-0.05, 0) is 46.3 Å². The number of hydrogen-bond donors (Lipinski definition) is 3. The maximum atomic E-state index is 10.9. The van der Waals surface area contributed by atoms with E-state index in [2.05, 4.69) is 46.6 Å². The van der Waals surface area contributed by atoms with Crippen molar-refractivity contribution in [3.8, 4) is 0 Å². The zero-order valence-electron chi connectivity index (χ0n) is 15.1. The van der Waals surface area contributed by atoms with Crippen LogP contribution in [0.4, 0.5) is 17.5 Å². The monoisotopic (exact) mass is 453 g/mol. The minimum atomic E-state index is -0.939. The van der Waals surface area contributed by atoms with E-state index >= 15 is 0 Å². The molecule has 1 aromatic carbocycles. The number of pyridine rings is 1. The van der Waals surface area contributed by atoms with E-state index in [1.165, 1.54) is 4.68 Å². The van der Waals surface area contributed by atoms with Crippen molar-refractivity contribution >= 4 is 50.3 Å². The molecule has 146 valence electrons. The molecule has 3 heterocycles. The van der Waals surface area contributed by atoms with E-state index in [0.29, 0.717) is 18.3 Å². The number of nitrogens with zero attached hydrogens (tertiary/aromatic N) is 5. The molecule has 29 heavy (non-hydrogen) atoms. The summed E-state index contributed by atoms with van der Waals surface area (Å²) in [6.07, 6.45) is 5.04. The normalized spacial score (nSPS) is 10.8. The van der Waals surface area contributed by atoms with Crippen LogP contribution in [0.5, 0.6) is 0 Å². The first-order valence-corrected chi connectivity index (χ1v) is 9.48. The fourth-order valence-electron chi connectivity index (χ4n) is 2.78. The van der Waals surface area contributed by atoms with Crippen LogP contribution < -0.4 is 10.6 Å². The number of carbonyl (C=O) groups is 1. The Bertz CT molecular complexity index is 1160. The molecular formula is C19H16BrN7O2. The maximum Gasteiger partial charge on any atom is 0.325 e. The lowest BCUT2D eigenvalue weighted by molar-refractivity contribution is -0.137. The predicted molar refractivity (Wildman–Crippen MR) is 112 cm³/mol. The number of hydrogen-bond acceptors (Lipinski definition) is 7. The lowest BCUT2D eigenvalue weighted by Crippen LogP contribution is -2.09. The molecule has 0 atom stereocenters. The van der Waals surface area contributed by atoms with Crippen LogP contribution in [0.1, 0.15) is 5.69 Å². The second kappa shape index (κ2) is 8.23. The topological polar surface area (TPSA) is 118 Å². The molecule has 0 radical (unpaired) electrons. The SMILES string of the molecule is O=C(O)Cn1ncc2cc(Nc3ncc(Br)c(NCc4ccccn4)n3)ccc21. The highest BCUT2D eigenvalue weighted by molar-refractivity contribution is 9.10. The van der Waals surface area contributed by atoms with Gasteiger partial charge in [0.15, 0.2) is 0 Å². The maximum absolute atomic E-state index is 10.9. The Labute approximate surface area is 174 Å². The van der Waals surface area contributed by atoms with E-state index in [-0.39, 0.29) is 6.54 Å². The standard InChI is InChI=1S/C19H16BrN7O2/c20-15-10-23-19(26-18(15)22-9-14-3-1-2-6-21-14)25-13-4-5-16-12(7-13)8-24-27(16)11-17(28)29/h1-8,10H,9,11H2,(H,28,29)(H2,22,23,25,26).